The summed E-state index contributed by atoms with van der Waals surface area (Å²) in [5.41, 5.74) is 3.16. The first kappa shape index (κ1) is 30.9. The number of urea groups is 1. The van der Waals surface area contributed by atoms with Gasteiger partial charge in [0.05, 0.1) is 10.4 Å². The minimum atomic E-state index is -1.33. The summed E-state index contributed by atoms with van der Waals surface area (Å²) >= 11 is 4.27. The van der Waals surface area contributed by atoms with Crippen molar-refractivity contribution < 1.29 is 29.4 Å². The Morgan fingerprint density at radius 2 is 1.96 bits per heavy atom. The molecule has 1 unspecified atom stereocenters. The van der Waals surface area contributed by atoms with Crippen LogP contribution in [0, 0.1) is 0 Å². The van der Waals surface area contributed by atoms with Crippen molar-refractivity contribution in [1.29, 1.82) is 0 Å². The van der Waals surface area contributed by atoms with Crippen LogP contribution in [0.2, 0.25) is 0 Å². The van der Waals surface area contributed by atoms with Gasteiger partial charge in [0.25, 0.3) is 11.5 Å². The monoisotopic (exact) mass is 672 g/mol. The number of amides is 4. The van der Waals surface area contributed by atoms with E-state index in [1.807, 2.05) is 13.2 Å². The van der Waals surface area contributed by atoms with Crippen LogP contribution in [0.4, 0.5) is 10.5 Å². The highest BCUT2D eigenvalue weighted by molar-refractivity contribution is 8.21. The van der Waals surface area contributed by atoms with E-state index < -0.39 is 46.8 Å². The normalized spacial score (nSPS) is 21.7. The molecule has 45 heavy (non-hydrogen) atoms. The number of aromatic hydroxyl groups is 1. The SMILES string of the molecule is CN1NC=C(SCC2=C(C(=O)O)N3C(=O)C(NC(=O)[C@H](NC(=O)Nc4cnc(C5CC5)[nH]c4=O)c4ccc(O)cc4)[C@H]3SC2)S1. The first-order valence-corrected chi connectivity index (χ1v) is 16.6. The highest BCUT2D eigenvalue weighted by Crippen LogP contribution is 2.43. The van der Waals surface area contributed by atoms with Gasteiger partial charge in [-0.15, -0.1) is 23.5 Å². The molecule has 0 bridgehead atoms. The highest BCUT2D eigenvalue weighted by atomic mass is 32.2. The molecule has 18 heteroatoms. The number of hydrazine groups is 1. The zero-order chi connectivity index (χ0) is 31.8. The van der Waals surface area contributed by atoms with Crippen LogP contribution in [0.3, 0.4) is 0 Å². The summed E-state index contributed by atoms with van der Waals surface area (Å²) in [6.07, 6.45) is 4.93. The van der Waals surface area contributed by atoms with E-state index in [1.54, 1.807) is 4.41 Å². The van der Waals surface area contributed by atoms with E-state index in [9.17, 15) is 34.2 Å². The standard InChI is InChI=1S/C27H28N8O7S3/c1-34-29-9-17(45-34)43-10-14-11-44-25-19(24(39)35(25)20(14)26(40)41)31-23(38)18(12-4-6-15(36)7-5-12)32-27(42)30-16-8-28-21(13-2-3-13)33-22(16)37/h4-9,13,18-19,25,29,36H,2-3,10-11H2,1H3,(H,31,38)(H,40,41)(H,28,33,37)(H2,30,32,42)/t18-,19?,25-/m1/s1. The molecule has 236 valence electrons. The molecule has 3 aliphatic heterocycles. The fraction of sp³-hybridized carbons (Fsp3) is 0.333. The largest absolute Gasteiger partial charge is 0.508 e. The molecule has 1 aromatic carbocycles. The third kappa shape index (κ3) is 6.63. The zero-order valence-corrected chi connectivity index (χ0v) is 26.1. The van der Waals surface area contributed by atoms with Crippen molar-refractivity contribution in [3.8, 4) is 5.75 Å². The molecule has 4 heterocycles. The number of β-lactam (4-membered cyclic amide) rings is 1. The Bertz CT molecular complexity index is 1680. The number of benzene rings is 1. The van der Waals surface area contributed by atoms with Crippen LogP contribution in [0.15, 0.2) is 57.0 Å². The number of carboxylic acid groups (broad SMARTS) is 1. The van der Waals surface area contributed by atoms with Crippen LogP contribution in [-0.4, -0.2) is 83.3 Å². The second-order valence-corrected chi connectivity index (χ2v) is 14.1. The quantitative estimate of drug-likeness (QED) is 0.141. The van der Waals surface area contributed by atoms with Crippen molar-refractivity contribution in [2.24, 2.45) is 0 Å². The number of carbonyl (C=O) groups is 4. The Labute approximate surface area is 268 Å². The number of thioether (sulfide) groups is 2. The Morgan fingerprint density at radius 3 is 2.60 bits per heavy atom. The molecule has 2 aromatic rings. The molecule has 1 aliphatic carbocycles. The number of rotatable bonds is 10. The third-order valence-corrected chi connectivity index (χ3v) is 10.8. The number of aliphatic carboxylic acids is 1. The maximum absolute atomic E-state index is 13.6. The number of anilines is 1. The lowest BCUT2D eigenvalue weighted by atomic mass is 10.0. The maximum Gasteiger partial charge on any atom is 0.352 e. The van der Waals surface area contributed by atoms with Gasteiger partial charge in [0.15, 0.2) is 0 Å². The number of aromatic nitrogens is 2. The number of hydrogen-bond acceptors (Lipinski definition) is 12. The number of phenols is 1. The van der Waals surface area contributed by atoms with Crippen molar-refractivity contribution in [2.75, 3.05) is 23.9 Å². The number of fused-ring (bicyclic) bond motifs is 1. The fourth-order valence-corrected chi connectivity index (χ4v) is 8.28. The summed E-state index contributed by atoms with van der Waals surface area (Å²) < 4.78 is 2.76. The average Bonchev–Trinajstić information content (AvgIpc) is 3.78. The predicted octanol–water partition coefficient (Wildman–Crippen LogP) is 1.58. The number of aromatic amines is 1. The number of phenolic OH excluding ortho intramolecular Hbond substituents is 1. The van der Waals surface area contributed by atoms with E-state index in [0.717, 1.165) is 17.1 Å². The van der Waals surface area contributed by atoms with E-state index in [2.05, 4.69) is 31.3 Å². The molecule has 4 aliphatic rings. The van der Waals surface area contributed by atoms with Gasteiger partial charge < -0.3 is 36.6 Å². The number of nitrogens with one attached hydrogen (secondary N) is 5. The van der Waals surface area contributed by atoms with Gasteiger partial charge in [-0.3, -0.25) is 19.3 Å². The van der Waals surface area contributed by atoms with Crippen LogP contribution in [0.1, 0.15) is 36.2 Å². The molecule has 1 saturated carbocycles. The second kappa shape index (κ2) is 12.7. The number of carbonyl (C=O) groups excluding carboxylic acids is 3. The smallest absolute Gasteiger partial charge is 0.352 e. The van der Waals surface area contributed by atoms with Crippen LogP contribution in [-0.2, 0) is 14.4 Å². The Hall–Kier alpha value is -4.13. The molecule has 2 fully saturated rings. The summed E-state index contributed by atoms with van der Waals surface area (Å²) in [6, 6.07) is 2.30. The van der Waals surface area contributed by atoms with Gasteiger partial charge in [-0.2, -0.15) is 4.41 Å². The van der Waals surface area contributed by atoms with Gasteiger partial charge in [-0.1, -0.05) is 12.1 Å². The van der Waals surface area contributed by atoms with Gasteiger partial charge in [0.1, 0.15) is 40.4 Å². The van der Waals surface area contributed by atoms with Crippen molar-refractivity contribution in [3.05, 3.63) is 73.9 Å². The Balaban J connectivity index is 1.15. The van der Waals surface area contributed by atoms with E-state index in [4.69, 9.17) is 0 Å². The molecule has 6 rings (SSSR count). The van der Waals surface area contributed by atoms with Gasteiger partial charge in [-0.25, -0.2) is 14.6 Å². The summed E-state index contributed by atoms with van der Waals surface area (Å²) in [5.74, 6) is -1.14. The van der Waals surface area contributed by atoms with E-state index in [0.29, 0.717) is 28.5 Å². The van der Waals surface area contributed by atoms with Crippen molar-refractivity contribution in [1.82, 2.24) is 35.3 Å². The van der Waals surface area contributed by atoms with E-state index in [1.165, 1.54) is 70.8 Å². The zero-order valence-electron chi connectivity index (χ0n) is 23.6. The number of nitrogens with zero attached hydrogens (tertiary/aromatic N) is 3. The van der Waals surface area contributed by atoms with Crippen LogP contribution in [0.5, 0.6) is 5.75 Å². The van der Waals surface area contributed by atoms with Gasteiger partial charge >= 0.3 is 12.0 Å². The van der Waals surface area contributed by atoms with Gasteiger partial charge in [-0.05, 0) is 48.1 Å². The summed E-state index contributed by atoms with van der Waals surface area (Å²) in [7, 11) is 1.85. The minimum Gasteiger partial charge on any atom is -0.508 e. The average molecular weight is 673 g/mol. The van der Waals surface area contributed by atoms with E-state index in [-0.39, 0.29) is 23.1 Å². The first-order chi connectivity index (χ1) is 21.6. The lowest BCUT2D eigenvalue weighted by Gasteiger charge is -2.49. The Morgan fingerprint density at radius 1 is 1.20 bits per heavy atom. The molecular formula is C27H28N8O7S3. The number of carboxylic acids is 1. The molecule has 1 saturated heterocycles. The van der Waals surface area contributed by atoms with Crippen molar-refractivity contribution in [3.63, 3.8) is 0 Å². The molecule has 7 N–H and O–H groups in total. The first-order valence-electron chi connectivity index (χ1n) is 13.8. The minimum absolute atomic E-state index is 0.0628. The topological polar surface area (TPSA) is 209 Å². The number of H-pyrrole nitrogens is 1. The van der Waals surface area contributed by atoms with Gasteiger partial charge in [0.2, 0.25) is 5.91 Å². The fourth-order valence-electron chi connectivity index (χ4n) is 4.91. The molecule has 3 atom stereocenters. The molecule has 1 aromatic heterocycles. The Kier molecular flexibility index (Phi) is 8.71. The second-order valence-electron chi connectivity index (χ2n) is 10.5. The molecular weight excluding hydrogens is 645 g/mol. The summed E-state index contributed by atoms with van der Waals surface area (Å²) in [4.78, 5) is 72.5. The van der Waals surface area contributed by atoms with Gasteiger partial charge in [0, 0.05) is 30.7 Å². The predicted molar refractivity (Wildman–Crippen MR) is 169 cm³/mol. The molecule has 0 spiro atoms. The third-order valence-electron chi connectivity index (χ3n) is 7.32. The summed E-state index contributed by atoms with van der Waals surface area (Å²) in [6.45, 7) is 0. The van der Waals surface area contributed by atoms with Crippen LogP contribution >= 0.6 is 35.5 Å². The van der Waals surface area contributed by atoms with E-state index >= 15 is 0 Å². The van der Waals surface area contributed by atoms with Crippen LogP contribution < -0.4 is 26.9 Å². The van der Waals surface area contributed by atoms with Crippen molar-refractivity contribution in [2.45, 2.75) is 36.2 Å². The molecule has 4 amide bonds. The van der Waals surface area contributed by atoms with Crippen LogP contribution in [0.25, 0.3) is 0 Å². The summed E-state index contributed by atoms with van der Waals surface area (Å²) in [5, 5.41) is 26.7. The lowest BCUT2D eigenvalue weighted by molar-refractivity contribution is -0.150. The molecule has 0 radical (unpaired) electrons. The maximum atomic E-state index is 13.6. The lowest BCUT2D eigenvalue weighted by Crippen LogP contribution is -2.71. The molecule has 15 nitrogen and oxygen atoms in total. The van der Waals surface area contributed by atoms with Crippen molar-refractivity contribution >= 4 is 65.0 Å². The number of hydrogen-bond donors (Lipinski definition) is 7. The highest BCUT2D eigenvalue weighted by Gasteiger charge is 2.54.